The molecule has 112 valence electrons. The van der Waals surface area contributed by atoms with Gasteiger partial charge in [0.25, 0.3) is 0 Å². The molecule has 0 aliphatic heterocycles. The standard InChI is InChI=1S/C15H22ClNO2S/c16-12-14(11-13-7-3-1-4-8-13)17-20(18,19)15-9-5-2-6-10-15/h1,3-4,7-8,14-15,17H,2,5-6,9-12H2. The van der Waals surface area contributed by atoms with E-state index in [-0.39, 0.29) is 11.3 Å². The van der Waals surface area contributed by atoms with Crippen LogP contribution in [0.15, 0.2) is 30.3 Å². The van der Waals surface area contributed by atoms with Crippen molar-refractivity contribution in [1.29, 1.82) is 0 Å². The van der Waals surface area contributed by atoms with Gasteiger partial charge in [-0.3, -0.25) is 0 Å². The molecule has 1 aliphatic rings. The summed E-state index contributed by atoms with van der Waals surface area (Å²) in [4.78, 5) is 0. The van der Waals surface area contributed by atoms with E-state index in [0.717, 1.165) is 37.7 Å². The zero-order valence-corrected chi connectivity index (χ0v) is 13.2. The molecule has 0 radical (unpaired) electrons. The Morgan fingerprint density at radius 1 is 1.15 bits per heavy atom. The summed E-state index contributed by atoms with van der Waals surface area (Å²) in [5.41, 5.74) is 1.10. The highest BCUT2D eigenvalue weighted by Crippen LogP contribution is 2.23. The van der Waals surface area contributed by atoms with Gasteiger partial charge in [-0.1, -0.05) is 49.6 Å². The minimum absolute atomic E-state index is 0.231. The molecule has 1 fully saturated rings. The van der Waals surface area contributed by atoms with Crippen molar-refractivity contribution in [2.75, 3.05) is 5.88 Å². The van der Waals surface area contributed by atoms with Crippen LogP contribution < -0.4 is 4.72 Å². The summed E-state index contributed by atoms with van der Waals surface area (Å²) in [5, 5.41) is -0.238. The Hall–Kier alpha value is -0.580. The van der Waals surface area contributed by atoms with Crippen molar-refractivity contribution in [1.82, 2.24) is 4.72 Å². The molecule has 0 heterocycles. The van der Waals surface area contributed by atoms with Gasteiger partial charge in [-0.05, 0) is 24.8 Å². The Morgan fingerprint density at radius 2 is 1.80 bits per heavy atom. The highest BCUT2D eigenvalue weighted by atomic mass is 35.5. The summed E-state index contributed by atoms with van der Waals surface area (Å²) in [7, 11) is -3.25. The summed E-state index contributed by atoms with van der Waals surface area (Å²) in [6.45, 7) is 0. The monoisotopic (exact) mass is 315 g/mol. The lowest BCUT2D eigenvalue weighted by Gasteiger charge is -2.25. The molecule has 1 unspecified atom stereocenters. The first-order valence-electron chi connectivity index (χ1n) is 7.23. The fraction of sp³-hybridized carbons (Fsp3) is 0.600. The van der Waals surface area contributed by atoms with Crippen LogP contribution in [0, 0.1) is 0 Å². The highest BCUT2D eigenvalue weighted by Gasteiger charge is 2.29. The summed E-state index contributed by atoms with van der Waals surface area (Å²) < 4.78 is 27.6. The third-order valence-electron chi connectivity index (χ3n) is 3.83. The molecule has 1 N–H and O–H groups in total. The SMILES string of the molecule is O=S(=O)(NC(CCl)Cc1ccccc1)C1CCCCC1. The van der Waals surface area contributed by atoms with E-state index in [0.29, 0.717) is 12.3 Å². The van der Waals surface area contributed by atoms with Crippen molar-refractivity contribution in [3.05, 3.63) is 35.9 Å². The van der Waals surface area contributed by atoms with Gasteiger partial charge >= 0.3 is 0 Å². The van der Waals surface area contributed by atoms with Gasteiger partial charge in [-0.2, -0.15) is 0 Å². The van der Waals surface area contributed by atoms with E-state index in [1.165, 1.54) is 0 Å². The van der Waals surface area contributed by atoms with Crippen LogP contribution in [0.25, 0.3) is 0 Å². The first-order chi connectivity index (χ1) is 9.62. The molecule has 3 nitrogen and oxygen atoms in total. The quantitative estimate of drug-likeness (QED) is 0.820. The Bertz CT molecular complexity index is 498. The van der Waals surface area contributed by atoms with E-state index in [1.54, 1.807) is 0 Å². The van der Waals surface area contributed by atoms with Gasteiger partial charge < -0.3 is 0 Å². The zero-order valence-electron chi connectivity index (χ0n) is 11.6. The summed E-state index contributed by atoms with van der Waals surface area (Å²) >= 11 is 5.94. The minimum atomic E-state index is -3.25. The van der Waals surface area contributed by atoms with Crippen molar-refractivity contribution in [3.8, 4) is 0 Å². The lowest BCUT2D eigenvalue weighted by atomic mass is 10.0. The third kappa shape index (κ3) is 4.47. The van der Waals surface area contributed by atoms with Crippen LogP contribution in [-0.2, 0) is 16.4 Å². The Balaban J connectivity index is 1.98. The number of rotatable bonds is 6. The van der Waals surface area contributed by atoms with Crippen LogP contribution in [0.3, 0.4) is 0 Å². The molecule has 1 aromatic rings. The van der Waals surface area contributed by atoms with Gasteiger partial charge in [-0.25, -0.2) is 13.1 Å². The molecule has 20 heavy (non-hydrogen) atoms. The number of alkyl halides is 1. The second kappa shape index (κ2) is 7.43. The summed E-state index contributed by atoms with van der Waals surface area (Å²) in [6, 6.07) is 9.62. The largest absolute Gasteiger partial charge is 0.214 e. The number of benzene rings is 1. The van der Waals surface area contributed by atoms with Crippen LogP contribution in [-0.4, -0.2) is 25.6 Å². The van der Waals surface area contributed by atoms with Crippen LogP contribution in [0.1, 0.15) is 37.7 Å². The zero-order chi connectivity index (χ0) is 14.4. The van der Waals surface area contributed by atoms with E-state index in [9.17, 15) is 8.42 Å². The number of hydrogen-bond donors (Lipinski definition) is 1. The smallest absolute Gasteiger partial charge is 0.212 e. The molecule has 1 aliphatic carbocycles. The van der Waals surface area contributed by atoms with Crippen molar-refractivity contribution in [2.45, 2.75) is 49.8 Å². The van der Waals surface area contributed by atoms with Crippen LogP contribution in [0.2, 0.25) is 0 Å². The first kappa shape index (κ1) is 15.8. The molecular weight excluding hydrogens is 294 g/mol. The number of hydrogen-bond acceptors (Lipinski definition) is 2. The molecular formula is C15H22ClNO2S. The van der Waals surface area contributed by atoms with Crippen LogP contribution in [0.5, 0.6) is 0 Å². The highest BCUT2D eigenvalue weighted by molar-refractivity contribution is 7.90. The predicted octanol–water partition coefficient (Wildman–Crippen LogP) is 3.09. The van der Waals surface area contributed by atoms with Gasteiger partial charge in [0.2, 0.25) is 10.0 Å². The van der Waals surface area contributed by atoms with Gasteiger partial charge in [0.1, 0.15) is 0 Å². The molecule has 1 saturated carbocycles. The lowest BCUT2D eigenvalue weighted by Crippen LogP contribution is -2.43. The predicted molar refractivity (Wildman–Crippen MR) is 83.6 cm³/mol. The molecule has 1 aromatic carbocycles. The molecule has 5 heteroatoms. The van der Waals surface area contributed by atoms with Gasteiger partial charge in [-0.15, -0.1) is 11.6 Å². The normalized spacial score (nSPS) is 18.9. The van der Waals surface area contributed by atoms with Crippen molar-refractivity contribution in [2.24, 2.45) is 0 Å². The second-order valence-electron chi connectivity index (χ2n) is 5.46. The fourth-order valence-electron chi connectivity index (χ4n) is 2.73. The van der Waals surface area contributed by atoms with Gasteiger partial charge in [0.15, 0.2) is 0 Å². The Labute approximate surface area is 126 Å². The number of sulfonamides is 1. The molecule has 0 spiro atoms. The topological polar surface area (TPSA) is 46.2 Å². The van der Waals surface area contributed by atoms with Crippen molar-refractivity contribution in [3.63, 3.8) is 0 Å². The summed E-state index contributed by atoms with van der Waals surface area (Å²) in [6.07, 6.45) is 5.35. The maximum Gasteiger partial charge on any atom is 0.214 e. The van der Waals surface area contributed by atoms with Crippen LogP contribution >= 0.6 is 11.6 Å². The maximum atomic E-state index is 12.4. The van der Waals surface area contributed by atoms with E-state index < -0.39 is 10.0 Å². The minimum Gasteiger partial charge on any atom is -0.212 e. The van der Waals surface area contributed by atoms with Gasteiger partial charge in [0.05, 0.1) is 5.25 Å². The van der Waals surface area contributed by atoms with E-state index in [4.69, 9.17) is 11.6 Å². The lowest BCUT2D eigenvalue weighted by molar-refractivity contribution is 0.472. The molecule has 0 saturated heterocycles. The molecule has 1 atom stereocenters. The van der Waals surface area contributed by atoms with Crippen molar-refractivity contribution >= 4 is 21.6 Å². The second-order valence-corrected chi connectivity index (χ2v) is 7.76. The van der Waals surface area contributed by atoms with E-state index in [2.05, 4.69) is 4.72 Å². The Kier molecular flexibility index (Phi) is 5.87. The van der Waals surface area contributed by atoms with E-state index in [1.807, 2.05) is 30.3 Å². The number of nitrogens with one attached hydrogen (secondary N) is 1. The van der Waals surface area contributed by atoms with E-state index >= 15 is 0 Å². The molecule has 2 rings (SSSR count). The summed E-state index contributed by atoms with van der Waals surface area (Å²) in [5.74, 6) is 0.293. The average molecular weight is 316 g/mol. The molecule has 0 aromatic heterocycles. The Morgan fingerprint density at radius 3 is 2.40 bits per heavy atom. The molecule has 0 bridgehead atoms. The third-order valence-corrected chi connectivity index (χ3v) is 6.22. The molecule has 0 amide bonds. The first-order valence-corrected chi connectivity index (χ1v) is 9.31. The maximum absolute atomic E-state index is 12.4. The van der Waals surface area contributed by atoms with Crippen molar-refractivity contribution < 1.29 is 8.42 Å². The van der Waals surface area contributed by atoms with Gasteiger partial charge in [0, 0.05) is 11.9 Å². The fourth-order valence-corrected chi connectivity index (χ4v) is 4.79. The van der Waals surface area contributed by atoms with Crippen LogP contribution in [0.4, 0.5) is 0 Å². The average Bonchev–Trinajstić information content (AvgIpc) is 2.48. The number of halogens is 1.